The van der Waals surface area contributed by atoms with E-state index in [1.165, 1.54) is 0 Å². The first kappa shape index (κ1) is 13.3. The van der Waals surface area contributed by atoms with Crippen LogP contribution in [0.3, 0.4) is 0 Å². The SMILES string of the molecule is CC(C)C(C)(C)CNCc1ccc(CO)o1. The van der Waals surface area contributed by atoms with E-state index in [1.807, 2.05) is 12.1 Å². The number of hydrogen-bond acceptors (Lipinski definition) is 3. The minimum atomic E-state index is -0.0303. The van der Waals surface area contributed by atoms with Crippen molar-refractivity contribution in [2.24, 2.45) is 11.3 Å². The molecule has 0 bridgehead atoms. The summed E-state index contributed by atoms with van der Waals surface area (Å²) in [6.45, 7) is 10.6. The van der Waals surface area contributed by atoms with Crippen molar-refractivity contribution in [3.05, 3.63) is 23.7 Å². The van der Waals surface area contributed by atoms with Gasteiger partial charge in [0.15, 0.2) is 0 Å². The second-order valence-electron chi connectivity index (χ2n) is 5.27. The van der Waals surface area contributed by atoms with E-state index < -0.39 is 0 Å². The summed E-state index contributed by atoms with van der Waals surface area (Å²) >= 11 is 0. The van der Waals surface area contributed by atoms with E-state index in [1.54, 1.807) is 0 Å². The number of rotatable bonds is 6. The summed E-state index contributed by atoms with van der Waals surface area (Å²) in [6, 6.07) is 3.71. The third-order valence-electron chi connectivity index (χ3n) is 3.32. The van der Waals surface area contributed by atoms with E-state index >= 15 is 0 Å². The summed E-state index contributed by atoms with van der Waals surface area (Å²) in [4.78, 5) is 0. The fraction of sp³-hybridized carbons (Fsp3) is 0.692. The zero-order valence-electron chi connectivity index (χ0n) is 10.7. The van der Waals surface area contributed by atoms with Gasteiger partial charge in [0.1, 0.15) is 18.1 Å². The topological polar surface area (TPSA) is 45.4 Å². The van der Waals surface area contributed by atoms with Crippen molar-refractivity contribution in [1.29, 1.82) is 0 Å². The first-order valence-electron chi connectivity index (χ1n) is 5.85. The van der Waals surface area contributed by atoms with Gasteiger partial charge in [-0.15, -0.1) is 0 Å². The highest BCUT2D eigenvalue weighted by Gasteiger charge is 2.21. The van der Waals surface area contributed by atoms with Gasteiger partial charge < -0.3 is 14.8 Å². The molecule has 0 unspecified atom stereocenters. The van der Waals surface area contributed by atoms with Crippen LogP contribution in [-0.2, 0) is 13.2 Å². The summed E-state index contributed by atoms with van der Waals surface area (Å²) in [5.74, 6) is 2.15. The summed E-state index contributed by atoms with van der Waals surface area (Å²) in [6.07, 6.45) is 0. The van der Waals surface area contributed by atoms with Crippen molar-refractivity contribution in [1.82, 2.24) is 5.32 Å². The molecule has 0 fully saturated rings. The molecule has 1 aromatic rings. The van der Waals surface area contributed by atoms with Crippen molar-refractivity contribution >= 4 is 0 Å². The van der Waals surface area contributed by atoms with Crippen molar-refractivity contribution in [2.45, 2.75) is 40.8 Å². The van der Waals surface area contributed by atoms with Crippen LogP contribution in [0.2, 0.25) is 0 Å². The Balaban J connectivity index is 2.35. The monoisotopic (exact) mass is 225 g/mol. The van der Waals surface area contributed by atoms with Gasteiger partial charge in [-0.2, -0.15) is 0 Å². The summed E-state index contributed by atoms with van der Waals surface area (Å²) < 4.78 is 5.40. The molecule has 1 aromatic heterocycles. The highest BCUT2D eigenvalue weighted by molar-refractivity contribution is 5.06. The molecule has 0 aliphatic heterocycles. The summed E-state index contributed by atoms with van der Waals surface area (Å²) in [7, 11) is 0. The standard InChI is InChI=1S/C13H23NO2/c1-10(2)13(3,4)9-14-7-11-5-6-12(8-15)16-11/h5-6,10,14-15H,7-9H2,1-4H3. The lowest BCUT2D eigenvalue weighted by atomic mass is 9.81. The Morgan fingerprint density at radius 2 is 1.94 bits per heavy atom. The summed E-state index contributed by atoms with van der Waals surface area (Å²) in [5, 5.41) is 12.2. The van der Waals surface area contributed by atoms with E-state index in [0.717, 1.165) is 18.8 Å². The zero-order chi connectivity index (χ0) is 12.2. The second-order valence-corrected chi connectivity index (χ2v) is 5.27. The predicted octanol–water partition coefficient (Wildman–Crippen LogP) is 2.54. The van der Waals surface area contributed by atoms with E-state index in [4.69, 9.17) is 9.52 Å². The van der Waals surface area contributed by atoms with E-state index in [9.17, 15) is 0 Å². The van der Waals surface area contributed by atoms with E-state index in [-0.39, 0.29) is 12.0 Å². The van der Waals surface area contributed by atoms with Gasteiger partial charge in [0.25, 0.3) is 0 Å². The molecular formula is C13H23NO2. The van der Waals surface area contributed by atoms with Gasteiger partial charge in [0.05, 0.1) is 6.54 Å². The quantitative estimate of drug-likeness (QED) is 0.782. The third-order valence-corrected chi connectivity index (χ3v) is 3.32. The molecule has 16 heavy (non-hydrogen) atoms. The second kappa shape index (κ2) is 5.51. The van der Waals surface area contributed by atoms with Crippen molar-refractivity contribution in [2.75, 3.05) is 6.54 Å². The van der Waals surface area contributed by atoms with Gasteiger partial charge in [-0.1, -0.05) is 27.7 Å². The van der Waals surface area contributed by atoms with Crippen LogP contribution < -0.4 is 5.32 Å². The lowest BCUT2D eigenvalue weighted by Crippen LogP contribution is -2.33. The Kier molecular flexibility index (Phi) is 4.56. The molecule has 0 amide bonds. The Morgan fingerprint density at radius 1 is 1.31 bits per heavy atom. The molecule has 1 heterocycles. The predicted molar refractivity (Wildman–Crippen MR) is 65.0 cm³/mol. The molecule has 0 spiro atoms. The molecule has 0 aliphatic carbocycles. The molecule has 92 valence electrons. The fourth-order valence-corrected chi connectivity index (χ4v) is 1.31. The van der Waals surface area contributed by atoms with Gasteiger partial charge in [0.2, 0.25) is 0 Å². The number of aliphatic hydroxyl groups excluding tert-OH is 1. The van der Waals surface area contributed by atoms with Crippen LogP contribution in [0.5, 0.6) is 0 Å². The van der Waals surface area contributed by atoms with Gasteiger partial charge >= 0.3 is 0 Å². The molecule has 0 atom stereocenters. The molecule has 0 aromatic carbocycles. The Bertz CT molecular complexity index is 315. The molecule has 0 saturated heterocycles. The number of aliphatic hydroxyl groups is 1. The molecule has 1 rings (SSSR count). The van der Waals surface area contributed by atoms with Crippen LogP contribution in [-0.4, -0.2) is 11.7 Å². The van der Waals surface area contributed by atoms with E-state index in [0.29, 0.717) is 11.7 Å². The van der Waals surface area contributed by atoms with Crippen LogP contribution in [0.1, 0.15) is 39.2 Å². The Morgan fingerprint density at radius 3 is 2.44 bits per heavy atom. The first-order valence-corrected chi connectivity index (χ1v) is 5.85. The van der Waals surface area contributed by atoms with Crippen LogP contribution in [0.25, 0.3) is 0 Å². The smallest absolute Gasteiger partial charge is 0.129 e. The molecule has 0 aliphatic rings. The highest BCUT2D eigenvalue weighted by Crippen LogP contribution is 2.24. The molecule has 3 heteroatoms. The lowest BCUT2D eigenvalue weighted by Gasteiger charge is -2.29. The van der Waals surface area contributed by atoms with Crippen LogP contribution in [0.4, 0.5) is 0 Å². The molecule has 2 N–H and O–H groups in total. The molecular weight excluding hydrogens is 202 g/mol. The Hall–Kier alpha value is -0.800. The van der Waals surface area contributed by atoms with Gasteiger partial charge in [-0.3, -0.25) is 0 Å². The largest absolute Gasteiger partial charge is 0.462 e. The number of nitrogens with one attached hydrogen (secondary N) is 1. The highest BCUT2D eigenvalue weighted by atomic mass is 16.4. The van der Waals surface area contributed by atoms with Crippen LogP contribution in [0.15, 0.2) is 16.5 Å². The normalized spacial score (nSPS) is 12.4. The maximum absolute atomic E-state index is 8.86. The third kappa shape index (κ3) is 3.65. The maximum Gasteiger partial charge on any atom is 0.129 e. The average Bonchev–Trinajstić information content (AvgIpc) is 2.65. The maximum atomic E-state index is 8.86. The lowest BCUT2D eigenvalue weighted by molar-refractivity contribution is 0.228. The van der Waals surface area contributed by atoms with Crippen LogP contribution in [0, 0.1) is 11.3 Å². The van der Waals surface area contributed by atoms with Gasteiger partial charge in [0, 0.05) is 6.54 Å². The van der Waals surface area contributed by atoms with Crippen molar-refractivity contribution in [3.8, 4) is 0 Å². The minimum absolute atomic E-state index is 0.0303. The van der Waals surface area contributed by atoms with Crippen molar-refractivity contribution in [3.63, 3.8) is 0 Å². The average molecular weight is 225 g/mol. The van der Waals surface area contributed by atoms with Gasteiger partial charge in [-0.25, -0.2) is 0 Å². The molecule has 3 nitrogen and oxygen atoms in total. The number of hydrogen-bond donors (Lipinski definition) is 2. The Labute approximate surface area is 97.9 Å². The molecule has 0 radical (unpaired) electrons. The first-order chi connectivity index (χ1) is 7.45. The zero-order valence-corrected chi connectivity index (χ0v) is 10.7. The summed E-state index contributed by atoms with van der Waals surface area (Å²) in [5.41, 5.74) is 0.284. The fourth-order valence-electron chi connectivity index (χ4n) is 1.31. The van der Waals surface area contributed by atoms with Gasteiger partial charge in [-0.05, 0) is 23.5 Å². The minimum Gasteiger partial charge on any atom is -0.462 e. The number of furan rings is 1. The van der Waals surface area contributed by atoms with Crippen LogP contribution >= 0.6 is 0 Å². The van der Waals surface area contributed by atoms with E-state index in [2.05, 4.69) is 33.0 Å². The van der Waals surface area contributed by atoms with Crippen molar-refractivity contribution < 1.29 is 9.52 Å². The molecule has 0 saturated carbocycles.